The Morgan fingerprint density at radius 2 is 1.74 bits per heavy atom. The maximum Gasteiger partial charge on any atom is 0.257 e. The van der Waals surface area contributed by atoms with Crippen molar-refractivity contribution in [1.82, 2.24) is 9.21 Å². The molecule has 9 heteroatoms. The highest BCUT2D eigenvalue weighted by atomic mass is 32.2. The molecule has 1 N–H and O–H groups in total. The predicted octanol–water partition coefficient (Wildman–Crippen LogP) is 3.94. The highest BCUT2D eigenvalue weighted by Gasteiger charge is 2.34. The van der Waals surface area contributed by atoms with Crippen LogP contribution in [0.5, 0.6) is 0 Å². The standard InChI is InChI=1S/C25H27N3O5S/c1-2-13-28-24(26-21-6-4-3-5-20(21)25(28)29)23-12-11-22(33-23)18-7-9-19(10-8-18)34(30,31)27-14-16-32-17-15-27/h3-12,24,26H,2,13-17H2,1H3/t24-/m1/s1. The molecule has 1 amide bonds. The number of morpholine rings is 1. The molecule has 2 aliphatic rings. The van der Waals surface area contributed by atoms with Gasteiger partial charge >= 0.3 is 0 Å². The zero-order chi connectivity index (χ0) is 23.7. The Labute approximate surface area is 199 Å². The van der Waals surface area contributed by atoms with Crippen LogP contribution < -0.4 is 5.32 Å². The largest absolute Gasteiger partial charge is 0.457 e. The summed E-state index contributed by atoms with van der Waals surface area (Å²) >= 11 is 0. The fourth-order valence-corrected chi connectivity index (χ4v) is 5.78. The minimum absolute atomic E-state index is 0.0307. The number of sulfonamides is 1. The maximum absolute atomic E-state index is 13.1. The Morgan fingerprint density at radius 3 is 2.47 bits per heavy atom. The molecule has 0 saturated carbocycles. The third-order valence-corrected chi connectivity index (χ3v) is 8.04. The average Bonchev–Trinajstić information content (AvgIpc) is 3.36. The summed E-state index contributed by atoms with van der Waals surface area (Å²) in [6.45, 7) is 4.15. The van der Waals surface area contributed by atoms with Crippen LogP contribution in [0.2, 0.25) is 0 Å². The quantitative estimate of drug-likeness (QED) is 0.573. The second-order valence-corrected chi connectivity index (χ2v) is 10.3. The summed E-state index contributed by atoms with van der Waals surface area (Å²) in [5.74, 6) is 1.20. The molecule has 1 fully saturated rings. The molecular formula is C25H27N3O5S. The summed E-state index contributed by atoms with van der Waals surface area (Å²) in [6.07, 6.45) is 0.399. The molecule has 178 valence electrons. The molecule has 8 nitrogen and oxygen atoms in total. The van der Waals surface area contributed by atoms with Crippen molar-refractivity contribution in [2.24, 2.45) is 0 Å². The van der Waals surface area contributed by atoms with E-state index in [0.29, 0.717) is 49.9 Å². The Balaban J connectivity index is 1.40. The zero-order valence-electron chi connectivity index (χ0n) is 18.9. The van der Waals surface area contributed by atoms with Crippen LogP contribution in [0.3, 0.4) is 0 Å². The van der Waals surface area contributed by atoms with E-state index in [9.17, 15) is 13.2 Å². The third-order valence-electron chi connectivity index (χ3n) is 6.13. The van der Waals surface area contributed by atoms with Crippen molar-refractivity contribution in [3.05, 3.63) is 72.0 Å². The molecule has 3 heterocycles. The average molecular weight is 482 g/mol. The van der Waals surface area contributed by atoms with Gasteiger partial charge < -0.3 is 19.4 Å². The lowest BCUT2D eigenvalue weighted by Crippen LogP contribution is -2.43. The number of nitrogens with zero attached hydrogens (tertiary/aromatic N) is 2. The van der Waals surface area contributed by atoms with Gasteiger partial charge in [0.05, 0.1) is 23.7 Å². The number of anilines is 1. The zero-order valence-corrected chi connectivity index (χ0v) is 19.8. The van der Waals surface area contributed by atoms with E-state index in [1.54, 1.807) is 29.2 Å². The van der Waals surface area contributed by atoms with E-state index in [-0.39, 0.29) is 10.8 Å². The Bertz CT molecular complexity index is 1280. The number of benzene rings is 2. The van der Waals surface area contributed by atoms with Crippen LogP contribution in [0, 0.1) is 0 Å². The molecule has 0 aliphatic carbocycles. The number of para-hydroxylation sites is 1. The van der Waals surface area contributed by atoms with Crippen molar-refractivity contribution in [2.45, 2.75) is 24.4 Å². The molecular weight excluding hydrogens is 454 g/mol. The molecule has 0 spiro atoms. The lowest BCUT2D eigenvalue weighted by Gasteiger charge is -2.36. The molecule has 0 unspecified atom stereocenters. The summed E-state index contributed by atoms with van der Waals surface area (Å²) in [6, 6.07) is 17.9. The molecule has 1 atom stereocenters. The van der Waals surface area contributed by atoms with Crippen molar-refractivity contribution in [1.29, 1.82) is 0 Å². The van der Waals surface area contributed by atoms with Crippen LogP contribution in [0.1, 0.15) is 35.6 Å². The molecule has 0 bridgehead atoms. The normalized spacial score (nSPS) is 19.0. The number of ether oxygens (including phenoxy) is 1. The van der Waals surface area contributed by atoms with Gasteiger partial charge in [0.25, 0.3) is 5.91 Å². The highest BCUT2D eigenvalue weighted by molar-refractivity contribution is 7.89. The van der Waals surface area contributed by atoms with E-state index in [2.05, 4.69) is 5.32 Å². The summed E-state index contributed by atoms with van der Waals surface area (Å²) in [5, 5.41) is 3.43. The van der Waals surface area contributed by atoms with E-state index in [0.717, 1.165) is 17.7 Å². The first-order valence-electron chi connectivity index (χ1n) is 11.4. The summed E-state index contributed by atoms with van der Waals surface area (Å²) in [4.78, 5) is 15.1. The third kappa shape index (κ3) is 4.11. The van der Waals surface area contributed by atoms with Gasteiger partial charge in [-0.2, -0.15) is 4.31 Å². The van der Waals surface area contributed by atoms with Crippen LogP contribution in [0.25, 0.3) is 11.3 Å². The number of hydrogen-bond donors (Lipinski definition) is 1. The van der Waals surface area contributed by atoms with E-state index in [4.69, 9.17) is 9.15 Å². The van der Waals surface area contributed by atoms with E-state index in [1.165, 1.54) is 4.31 Å². The molecule has 1 aromatic heterocycles. The van der Waals surface area contributed by atoms with E-state index in [1.807, 2.05) is 43.3 Å². The molecule has 34 heavy (non-hydrogen) atoms. The van der Waals surface area contributed by atoms with Crippen molar-refractivity contribution in [3.63, 3.8) is 0 Å². The Kier molecular flexibility index (Phi) is 6.16. The number of carbonyl (C=O) groups is 1. The number of hydrogen-bond acceptors (Lipinski definition) is 6. The van der Waals surface area contributed by atoms with E-state index >= 15 is 0 Å². The molecule has 1 saturated heterocycles. The predicted molar refractivity (Wildman–Crippen MR) is 128 cm³/mol. The SMILES string of the molecule is CCCN1C(=O)c2ccccc2N[C@H]1c1ccc(-c2ccc(S(=O)(=O)N3CCOCC3)cc2)o1. The van der Waals surface area contributed by atoms with Crippen LogP contribution in [0.15, 0.2) is 70.0 Å². The van der Waals surface area contributed by atoms with Gasteiger partial charge in [-0.15, -0.1) is 0 Å². The molecule has 2 aliphatic heterocycles. The fourth-order valence-electron chi connectivity index (χ4n) is 4.37. The van der Waals surface area contributed by atoms with E-state index < -0.39 is 16.2 Å². The number of fused-ring (bicyclic) bond motifs is 1. The summed E-state index contributed by atoms with van der Waals surface area (Å²) < 4.78 is 38.6. The number of nitrogens with one attached hydrogen (secondary N) is 1. The van der Waals surface area contributed by atoms with Gasteiger partial charge in [0.2, 0.25) is 10.0 Å². The number of furan rings is 1. The van der Waals surface area contributed by atoms with Crippen LogP contribution >= 0.6 is 0 Å². The smallest absolute Gasteiger partial charge is 0.257 e. The van der Waals surface area contributed by atoms with Gasteiger partial charge in [-0.05, 0) is 55.0 Å². The Hall–Kier alpha value is -3.14. The van der Waals surface area contributed by atoms with Gasteiger partial charge in [0.15, 0.2) is 6.17 Å². The lowest BCUT2D eigenvalue weighted by atomic mass is 10.1. The monoisotopic (exact) mass is 481 g/mol. The van der Waals surface area contributed by atoms with Gasteiger partial charge in [-0.1, -0.05) is 19.1 Å². The van der Waals surface area contributed by atoms with Crippen LogP contribution in [-0.4, -0.2) is 56.4 Å². The van der Waals surface area contributed by atoms with Crippen molar-refractivity contribution < 1.29 is 22.4 Å². The minimum Gasteiger partial charge on any atom is -0.457 e. The summed E-state index contributed by atoms with van der Waals surface area (Å²) in [5.41, 5.74) is 2.19. The second kappa shape index (κ2) is 9.25. The summed E-state index contributed by atoms with van der Waals surface area (Å²) in [7, 11) is -3.55. The van der Waals surface area contributed by atoms with Gasteiger partial charge in [-0.25, -0.2) is 8.42 Å². The second-order valence-electron chi connectivity index (χ2n) is 8.33. The number of rotatable bonds is 6. The number of amides is 1. The first-order valence-corrected chi connectivity index (χ1v) is 12.9. The minimum atomic E-state index is -3.55. The van der Waals surface area contributed by atoms with Crippen molar-refractivity contribution in [2.75, 3.05) is 38.2 Å². The molecule has 3 aromatic rings. The first kappa shape index (κ1) is 22.6. The van der Waals surface area contributed by atoms with Gasteiger partial charge in [-0.3, -0.25) is 4.79 Å². The molecule has 0 radical (unpaired) electrons. The maximum atomic E-state index is 13.1. The van der Waals surface area contributed by atoms with Crippen molar-refractivity contribution >= 4 is 21.6 Å². The van der Waals surface area contributed by atoms with Gasteiger partial charge in [0.1, 0.15) is 11.5 Å². The lowest BCUT2D eigenvalue weighted by molar-refractivity contribution is 0.0664. The topological polar surface area (TPSA) is 92.1 Å². The van der Waals surface area contributed by atoms with Crippen LogP contribution in [-0.2, 0) is 14.8 Å². The van der Waals surface area contributed by atoms with Crippen molar-refractivity contribution in [3.8, 4) is 11.3 Å². The first-order chi connectivity index (χ1) is 16.5. The van der Waals surface area contributed by atoms with Gasteiger partial charge in [0, 0.05) is 30.9 Å². The highest BCUT2D eigenvalue weighted by Crippen LogP contribution is 2.35. The van der Waals surface area contributed by atoms with Crippen LogP contribution in [0.4, 0.5) is 5.69 Å². The number of carbonyl (C=O) groups excluding carboxylic acids is 1. The Morgan fingerprint density at radius 1 is 1.00 bits per heavy atom. The molecule has 5 rings (SSSR count). The fraction of sp³-hybridized carbons (Fsp3) is 0.320. The molecule has 2 aromatic carbocycles.